The van der Waals surface area contributed by atoms with Crippen LogP contribution < -0.4 is 10.2 Å². The van der Waals surface area contributed by atoms with E-state index in [1.54, 1.807) is 54.6 Å². The van der Waals surface area contributed by atoms with Crippen LogP contribution in [0.2, 0.25) is 0 Å². The smallest absolute Gasteiger partial charge is 0.307 e. The van der Waals surface area contributed by atoms with Crippen LogP contribution in [0, 0.1) is 5.92 Å². The van der Waals surface area contributed by atoms with E-state index in [-0.39, 0.29) is 25.0 Å². The Bertz CT molecular complexity index is 1840. The molecule has 2 unspecified atom stereocenters. The van der Waals surface area contributed by atoms with Crippen molar-refractivity contribution in [2.24, 2.45) is 5.92 Å². The number of carbonyl (C=O) groups excluding carboxylic acids is 4. The molecule has 3 N–H and O–H groups in total. The molecule has 0 saturated carbocycles. The van der Waals surface area contributed by atoms with Crippen LogP contribution in [0.4, 0.5) is 5.69 Å². The van der Waals surface area contributed by atoms with Crippen LogP contribution in [0.3, 0.4) is 0 Å². The molecule has 0 spiro atoms. The lowest BCUT2D eigenvalue weighted by molar-refractivity contribution is -0.144. The Labute approximate surface area is 278 Å². The van der Waals surface area contributed by atoms with Gasteiger partial charge in [-0.2, -0.15) is 0 Å². The summed E-state index contributed by atoms with van der Waals surface area (Å²) in [5.74, 6) is -4.57. The third kappa shape index (κ3) is 6.92. The molecule has 3 amide bonds. The van der Waals surface area contributed by atoms with Crippen molar-refractivity contribution in [2.45, 2.75) is 44.6 Å². The van der Waals surface area contributed by atoms with Gasteiger partial charge in [0.2, 0.25) is 5.91 Å². The van der Waals surface area contributed by atoms with Crippen LogP contribution in [-0.2, 0) is 27.2 Å². The van der Waals surface area contributed by atoms with Crippen LogP contribution >= 0.6 is 0 Å². The normalized spacial score (nSPS) is 15.7. The number of carboxylic acids is 1. The average molecular weight is 648 g/mol. The van der Waals surface area contributed by atoms with Crippen LogP contribution in [0.15, 0.2) is 84.9 Å². The fraction of sp³-hybridized carbons (Fsp3) is 0.289. The molecule has 0 aliphatic carbocycles. The first-order valence-electron chi connectivity index (χ1n) is 16.2. The minimum absolute atomic E-state index is 0.0197. The number of nitrogens with zero attached hydrogens (tertiary/aromatic N) is 2. The number of carbonyl (C=O) groups is 5. The number of Topliss-reactive ketones (excluding diaryl/α,β-unsaturated/α-hetero) is 1. The van der Waals surface area contributed by atoms with Gasteiger partial charge in [-0.05, 0) is 73.6 Å². The van der Waals surface area contributed by atoms with Crippen molar-refractivity contribution < 1.29 is 34.2 Å². The van der Waals surface area contributed by atoms with Crippen LogP contribution in [0.25, 0.3) is 10.8 Å². The molecule has 1 saturated heterocycles. The number of benzene rings is 4. The van der Waals surface area contributed by atoms with E-state index in [4.69, 9.17) is 0 Å². The van der Waals surface area contributed by atoms with Crippen molar-refractivity contribution in [3.8, 4) is 5.75 Å². The maximum atomic E-state index is 13.7. The molecular formula is C38H37N3O7. The first-order valence-corrected chi connectivity index (χ1v) is 16.2. The summed E-state index contributed by atoms with van der Waals surface area (Å²) in [5.41, 5.74) is 3.02. The molecule has 0 bridgehead atoms. The first kappa shape index (κ1) is 32.4. The first-order chi connectivity index (χ1) is 23.2. The second-order valence-electron chi connectivity index (χ2n) is 12.5. The van der Waals surface area contributed by atoms with Crippen molar-refractivity contribution in [3.63, 3.8) is 0 Å². The minimum Gasteiger partial charge on any atom is -0.508 e. The van der Waals surface area contributed by atoms with Gasteiger partial charge in [-0.25, -0.2) is 0 Å². The van der Waals surface area contributed by atoms with Gasteiger partial charge >= 0.3 is 5.97 Å². The molecule has 2 atom stereocenters. The van der Waals surface area contributed by atoms with Gasteiger partial charge in [-0.15, -0.1) is 0 Å². The Morgan fingerprint density at radius 3 is 2.10 bits per heavy atom. The maximum Gasteiger partial charge on any atom is 0.307 e. The van der Waals surface area contributed by atoms with Gasteiger partial charge in [0, 0.05) is 47.1 Å². The van der Waals surface area contributed by atoms with E-state index in [0.29, 0.717) is 22.1 Å². The van der Waals surface area contributed by atoms with Gasteiger partial charge in [-0.1, -0.05) is 54.6 Å². The summed E-state index contributed by atoms with van der Waals surface area (Å²) in [4.78, 5) is 69.9. The highest BCUT2D eigenvalue weighted by Crippen LogP contribution is 2.37. The second-order valence-corrected chi connectivity index (χ2v) is 12.5. The molecule has 0 aromatic heterocycles. The van der Waals surface area contributed by atoms with Gasteiger partial charge in [-0.3, -0.25) is 28.9 Å². The van der Waals surface area contributed by atoms with Crippen molar-refractivity contribution in [3.05, 3.63) is 107 Å². The summed E-state index contributed by atoms with van der Waals surface area (Å²) in [6.45, 7) is 1.18. The number of rotatable bonds is 12. The standard InChI is InChI=1S/C38H37N3O7/c42-27-14-12-25(13-15-27)21-31(33(43)22-26(38(47)48)20-24-8-3-1-4-9-24)39-34(44)23-41-36(45)29-11-7-10-28-32(40-18-5-2-6-19-40)17-16-30(35(28)29)37(41)46/h1,3-4,7-17,26,31,42H,2,5-6,18-23H2,(H,39,44)(H,47,48). The Morgan fingerprint density at radius 2 is 1.42 bits per heavy atom. The van der Waals surface area contributed by atoms with Crippen molar-refractivity contribution in [1.82, 2.24) is 10.2 Å². The zero-order valence-corrected chi connectivity index (χ0v) is 26.4. The molecule has 6 rings (SSSR count). The Hall–Kier alpha value is -5.51. The van der Waals surface area contributed by atoms with E-state index in [1.165, 1.54) is 18.6 Å². The Kier molecular flexibility index (Phi) is 9.52. The number of phenols is 1. The highest BCUT2D eigenvalue weighted by atomic mass is 16.4. The van der Waals surface area contributed by atoms with E-state index < -0.39 is 48.0 Å². The summed E-state index contributed by atoms with van der Waals surface area (Å²) in [6.07, 6.45) is 3.12. The highest BCUT2D eigenvalue weighted by molar-refractivity contribution is 6.27. The summed E-state index contributed by atoms with van der Waals surface area (Å²) in [7, 11) is 0. The molecular weight excluding hydrogens is 610 g/mol. The maximum absolute atomic E-state index is 13.7. The fourth-order valence-corrected chi connectivity index (χ4v) is 6.71. The number of aliphatic carboxylic acids is 1. The Morgan fingerprint density at radius 1 is 0.750 bits per heavy atom. The number of imide groups is 1. The highest BCUT2D eigenvalue weighted by Gasteiger charge is 2.36. The minimum atomic E-state index is -1.14. The molecule has 48 heavy (non-hydrogen) atoms. The number of hydrogen-bond acceptors (Lipinski definition) is 7. The fourth-order valence-electron chi connectivity index (χ4n) is 6.71. The molecule has 246 valence electrons. The monoisotopic (exact) mass is 647 g/mol. The van der Waals surface area contributed by atoms with Gasteiger partial charge in [0.1, 0.15) is 12.3 Å². The van der Waals surface area contributed by atoms with E-state index in [2.05, 4.69) is 10.2 Å². The lowest BCUT2D eigenvalue weighted by Crippen LogP contribution is -2.50. The molecule has 2 aliphatic rings. The van der Waals surface area contributed by atoms with Crippen LogP contribution in [0.1, 0.15) is 57.5 Å². The number of amides is 3. The molecule has 10 nitrogen and oxygen atoms in total. The predicted molar refractivity (Wildman–Crippen MR) is 180 cm³/mol. The molecule has 1 fully saturated rings. The average Bonchev–Trinajstić information content (AvgIpc) is 3.10. The van der Waals surface area contributed by atoms with Gasteiger partial charge in [0.15, 0.2) is 5.78 Å². The number of nitrogens with one attached hydrogen (secondary N) is 1. The molecule has 4 aromatic rings. The summed E-state index contributed by atoms with van der Waals surface area (Å²) < 4.78 is 0. The van der Waals surface area contributed by atoms with E-state index >= 15 is 0 Å². The summed E-state index contributed by atoms with van der Waals surface area (Å²) >= 11 is 0. The number of anilines is 1. The topological polar surface area (TPSA) is 144 Å². The number of aromatic hydroxyl groups is 1. The summed E-state index contributed by atoms with van der Waals surface area (Å²) in [5, 5.41) is 23.7. The molecule has 4 aromatic carbocycles. The van der Waals surface area contributed by atoms with Crippen LogP contribution in [0.5, 0.6) is 5.75 Å². The zero-order chi connectivity index (χ0) is 33.8. The third-order valence-corrected chi connectivity index (χ3v) is 9.19. The van der Waals surface area contributed by atoms with Crippen molar-refractivity contribution >= 4 is 45.9 Å². The SMILES string of the molecule is O=C(CN1C(=O)c2cccc3c(N4CCCCC4)ccc(c23)C1=O)NC(Cc1ccc(O)cc1)C(=O)CC(Cc1ccccc1)C(=O)O. The second kappa shape index (κ2) is 14.1. The summed E-state index contributed by atoms with van der Waals surface area (Å²) in [6, 6.07) is 22.9. The van der Waals surface area contributed by atoms with Crippen LogP contribution in [-0.4, -0.2) is 70.3 Å². The lowest BCUT2D eigenvalue weighted by Gasteiger charge is -2.32. The van der Waals surface area contributed by atoms with Gasteiger partial charge in [0.05, 0.1) is 12.0 Å². The quantitative estimate of drug-likeness (QED) is 0.187. The van der Waals surface area contributed by atoms with Gasteiger partial charge in [0.25, 0.3) is 11.8 Å². The number of carboxylic acid groups (broad SMARTS) is 1. The molecule has 2 heterocycles. The number of ketones is 1. The number of piperidine rings is 1. The Balaban J connectivity index is 1.22. The zero-order valence-electron chi connectivity index (χ0n) is 26.4. The largest absolute Gasteiger partial charge is 0.508 e. The third-order valence-electron chi connectivity index (χ3n) is 9.19. The molecule has 2 aliphatic heterocycles. The van der Waals surface area contributed by atoms with E-state index in [0.717, 1.165) is 47.5 Å². The van der Waals surface area contributed by atoms with Crippen molar-refractivity contribution in [1.29, 1.82) is 0 Å². The molecule has 0 radical (unpaired) electrons. The predicted octanol–water partition coefficient (Wildman–Crippen LogP) is 4.76. The lowest BCUT2D eigenvalue weighted by atomic mass is 9.90. The van der Waals surface area contributed by atoms with E-state index in [1.807, 2.05) is 18.2 Å². The van der Waals surface area contributed by atoms with Gasteiger partial charge < -0.3 is 20.4 Å². The number of phenolic OH excluding ortho intramolecular Hbond substituents is 1. The molecule has 10 heteroatoms. The number of hydrogen-bond donors (Lipinski definition) is 3. The van der Waals surface area contributed by atoms with Crippen molar-refractivity contribution in [2.75, 3.05) is 24.5 Å². The van der Waals surface area contributed by atoms with E-state index in [9.17, 15) is 34.2 Å².